The van der Waals surface area contributed by atoms with E-state index in [-0.39, 0.29) is 0 Å². The fraction of sp³-hybridized carbons (Fsp3) is 0.444. The molecule has 0 N–H and O–H groups in total. The second kappa shape index (κ2) is 2.92. The number of hydrogen-bond donors (Lipinski definition) is 0. The van der Waals surface area contributed by atoms with Gasteiger partial charge in [0.05, 0.1) is 12.4 Å². The second-order valence-corrected chi connectivity index (χ2v) is 4.00. The van der Waals surface area contributed by atoms with Gasteiger partial charge in [0, 0.05) is 5.92 Å². The fourth-order valence-corrected chi connectivity index (χ4v) is 2.00. The first-order valence-corrected chi connectivity index (χ1v) is 5.08. The molecular weight excluding hydrogens is 200 g/mol. The van der Waals surface area contributed by atoms with Crippen LogP contribution in [0.2, 0.25) is 5.15 Å². The molecule has 0 amide bonds. The molecule has 2 heterocycles. The van der Waals surface area contributed by atoms with E-state index in [0.717, 1.165) is 11.5 Å². The zero-order chi connectivity index (χ0) is 9.54. The summed E-state index contributed by atoms with van der Waals surface area (Å²) in [7, 11) is 0. The molecule has 72 valence electrons. The van der Waals surface area contributed by atoms with Gasteiger partial charge in [-0.2, -0.15) is 0 Å². The average Bonchev–Trinajstić information content (AvgIpc) is 2.47. The van der Waals surface area contributed by atoms with Crippen LogP contribution in [-0.4, -0.2) is 19.6 Å². The fourth-order valence-electron chi connectivity index (χ4n) is 1.77. The van der Waals surface area contributed by atoms with Crippen LogP contribution in [0.15, 0.2) is 12.4 Å². The standard InChI is InChI=1S/C9H9ClN4/c10-7-4-11-5-8-12-13-9(14(7)8)6-2-1-3-6/h4-6H,1-3H2. The molecule has 0 atom stereocenters. The van der Waals surface area contributed by atoms with Crippen LogP contribution in [0.4, 0.5) is 0 Å². The highest BCUT2D eigenvalue weighted by atomic mass is 35.5. The quantitative estimate of drug-likeness (QED) is 0.721. The summed E-state index contributed by atoms with van der Waals surface area (Å²) in [5.74, 6) is 1.52. The molecule has 2 aromatic heterocycles. The van der Waals surface area contributed by atoms with E-state index < -0.39 is 0 Å². The number of nitrogens with zero attached hydrogens (tertiary/aromatic N) is 4. The smallest absolute Gasteiger partial charge is 0.180 e. The molecule has 2 aromatic rings. The maximum absolute atomic E-state index is 6.05. The molecule has 1 aliphatic carbocycles. The first-order valence-electron chi connectivity index (χ1n) is 4.71. The van der Waals surface area contributed by atoms with Gasteiger partial charge >= 0.3 is 0 Å². The van der Waals surface area contributed by atoms with Gasteiger partial charge in [-0.15, -0.1) is 10.2 Å². The molecule has 1 saturated carbocycles. The van der Waals surface area contributed by atoms with Gasteiger partial charge in [0.25, 0.3) is 0 Å². The summed E-state index contributed by atoms with van der Waals surface area (Å²) in [6.45, 7) is 0. The lowest BCUT2D eigenvalue weighted by Gasteiger charge is -2.23. The molecule has 0 unspecified atom stereocenters. The largest absolute Gasteiger partial charge is 0.266 e. The van der Waals surface area contributed by atoms with E-state index in [2.05, 4.69) is 15.2 Å². The molecule has 3 rings (SSSR count). The average molecular weight is 209 g/mol. The Labute approximate surface area is 85.9 Å². The second-order valence-electron chi connectivity index (χ2n) is 3.61. The third-order valence-corrected chi connectivity index (χ3v) is 3.03. The third kappa shape index (κ3) is 1.04. The van der Waals surface area contributed by atoms with Gasteiger partial charge in [-0.05, 0) is 12.8 Å². The number of rotatable bonds is 1. The lowest BCUT2D eigenvalue weighted by Crippen LogP contribution is -2.12. The highest BCUT2D eigenvalue weighted by Gasteiger charge is 2.25. The maximum Gasteiger partial charge on any atom is 0.180 e. The van der Waals surface area contributed by atoms with Crippen LogP contribution >= 0.6 is 11.6 Å². The lowest BCUT2D eigenvalue weighted by atomic mass is 9.85. The SMILES string of the molecule is Clc1cncc2nnc(C3CCC3)n12. The Morgan fingerprint density at radius 3 is 2.86 bits per heavy atom. The molecule has 0 bridgehead atoms. The Morgan fingerprint density at radius 1 is 1.29 bits per heavy atom. The number of halogens is 1. The summed E-state index contributed by atoms with van der Waals surface area (Å²) in [5, 5.41) is 8.81. The zero-order valence-corrected chi connectivity index (χ0v) is 8.28. The summed E-state index contributed by atoms with van der Waals surface area (Å²) in [6, 6.07) is 0. The number of fused-ring (bicyclic) bond motifs is 1. The number of aromatic nitrogens is 4. The molecule has 14 heavy (non-hydrogen) atoms. The Hall–Kier alpha value is -1.16. The van der Waals surface area contributed by atoms with Gasteiger partial charge in [0.1, 0.15) is 11.0 Å². The summed E-state index contributed by atoms with van der Waals surface area (Å²) >= 11 is 6.05. The van der Waals surface area contributed by atoms with E-state index in [0.29, 0.717) is 11.1 Å². The van der Waals surface area contributed by atoms with Gasteiger partial charge in [-0.25, -0.2) is 0 Å². The predicted molar refractivity (Wildman–Crippen MR) is 52.4 cm³/mol. The molecule has 0 radical (unpaired) electrons. The van der Waals surface area contributed by atoms with Crippen LogP contribution in [-0.2, 0) is 0 Å². The molecule has 0 aromatic carbocycles. The van der Waals surface area contributed by atoms with E-state index >= 15 is 0 Å². The first kappa shape index (κ1) is 8.17. The van der Waals surface area contributed by atoms with Gasteiger partial charge in [-0.1, -0.05) is 18.0 Å². The lowest BCUT2D eigenvalue weighted by molar-refractivity contribution is 0.399. The third-order valence-electron chi connectivity index (χ3n) is 2.77. The maximum atomic E-state index is 6.05. The minimum atomic E-state index is 0.532. The van der Waals surface area contributed by atoms with Crippen molar-refractivity contribution in [3.63, 3.8) is 0 Å². The van der Waals surface area contributed by atoms with Crippen molar-refractivity contribution in [2.24, 2.45) is 0 Å². The molecular formula is C9H9ClN4. The summed E-state index contributed by atoms with van der Waals surface area (Å²) < 4.78 is 1.89. The van der Waals surface area contributed by atoms with Gasteiger partial charge < -0.3 is 0 Å². The van der Waals surface area contributed by atoms with E-state index in [1.165, 1.54) is 19.3 Å². The van der Waals surface area contributed by atoms with E-state index in [9.17, 15) is 0 Å². The normalized spacial score (nSPS) is 17.2. The molecule has 1 aliphatic rings. The molecule has 4 nitrogen and oxygen atoms in total. The van der Waals surface area contributed by atoms with E-state index in [4.69, 9.17) is 11.6 Å². The van der Waals surface area contributed by atoms with E-state index in [1.807, 2.05) is 4.40 Å². The van der Waals surface area contributed by atoms with Crippen molar-refractivity contribution in [1.29, 1.82) is 0 Å². The predicted octanol–water partition coefficient (Wildman–Crippen LogP) is 2.05. The van der Waals surface area contributed by atoms with Crippen LogP contribution in [0.3, 0.4) is 0 Å². The van der Waals surface area contributed by atoms with Crippen LogP contribution < -0.4 is 0 Å². The van der Waals surface area contributed by atoms with Crippen LogP contribution in [0.1, 0.15) is 31.0 Å². The summed E-state index contributed by atoms with van der Waals surface area (Å²) in [4.78, 5) is 3.97. The van der Waals surface area contributed by atoms with Crippen LogP contribution in [0.5, 0.6) is 0 Å². The highest BCUT2D eigenvalue weighted by molar-refractivity contribution is 6.29. The van der Waals surface area contributed by atoms with Gasteiger partial charge in [0.2, 0.25) is 0 Å². The minimum absolute atomic E-state index is 0.532. The van der Waals surface area contributed by atoms with Crippen LogP contribution in [0.25, 0.3) is 5.65 Å². The molecule has 0 saturated heterocycles. The molecule has 1 fully saturated rings. The van der Waals surface area contributed by atoms with Crippen molar-refractivity contribution < 1.29 is 0 Å². The first-order chi connectivity index (χ1) is 6.86. The highest BCUT2D eigenvalue weighted by Crippen LogP contribution is 2.35. The molecule has 5 heteroatoms. The van der Waals surface area contributed by atoms with Crippen molar-refractivity contribution in [2.45, 2.75) is 25.2 Å². The zero-order valence-electron chi connectivity index (χ0n) is 7.52. The molecule has 0 spiro atoms. The summed E-state index contributed by atoms with van der Waals surface area (Å²) in [5.41, 5.74) is 0.736. The van der Waals surface area contributed by atoms with Crippen molar-refractivity contribution in [3.05, 3.63) is 23.4 Å². The number of hydrogen-bond acceptors (Lipinski definition) is 3. The monoisotopic (exact) mass is 208 g/mol. The Bertz CT molecular complexity index is 475. The van der Waals surface area contributed by atoms with Crippen molar-refractivity contribution >= 4 is 17.2 Å². The van der Waals surface area contributed by atoms with E-state index in [1.54, 1.807) is 12.4 Å². The summed E-state index contributed by atoms with van der Waals surface area (Å²) in [6.07, 6.45) is 6.97. The Kier molecular flexibility index (Phi) is 1.70. The van der Waals surface area contributed by atoms with Crippen molar-refractivity contribution in [1.82, 2.24) is 19.6 Å². The Morgan fingerprint density at radius 2 is 2.14 bits per heavy atom. The van der Waals surface area contributed by atoms with Gasteiger partial charge in [-0.3, -0.25) is 9.38 Å². The van der Waals surface area contributed by atoms with Crippen molar-refractivity contribution in [2.75, 3.05) is 0 Å². The minimum Gasteiger partial charge on any atom is -0.266 e. The van der Waals surface area contributed by atoms with Gasteiger partial charge in [0.15, 0.2) is 5.65 Å². The van der Waals surface area contributed by atoms with Crippen LogP contribution in [0, 0.1) is 0 Å². The topological polar surface area (TPSA) is 43.1 Å². The van der Waals surface area contributed by atoms with Crippen molar-refractivity contribution in [3.8, 4) is 0 Å². The molecule has 0 aliphatic heterocycles. The Balaban J connectivity index is 2.23.